The van der Waals surface area contributed by atoms with Gasteiger partial charge in [-0.15, -0.1) is 0 Å². The first-order valence-corrected chi connectivity index (χ1v) is 10.5. The third-order valence-electron chi connectivity index (χ3n) is 5.92. The molecule has 0 bridgehead atoms. The highest BCUT2D eigenvalue weighted by molar-refractivity contribution is 5.45. The van der Waals surface area contributed by atoms with Crippen LogP contribution in [0.1, 0.15) is 36.8 Å². The fourth-order valence-electron chi connectivity index (χ4n) is 4.28. The van der Waals surface area contributed by atoms with Crippen molar-refractivity contribution in [2.75, 3.05) is 42.6 Å². The molecule has 150 valence electrons. The zero-order chi connectivity index (χ0) is 19.3. The molecule has 1 aromatic carbocycles. The third kappa shape index (κ3) is 4.38. The molecule has 4 rings (SSSR count). The van der Waals surface area contributed by atoms with Crippen LogP contribution >= 0.6 is 0 Å². The van der Waals surface area contributed by atoms with E-state index in [9.17, 15) is 4.79 Å². The number of nitrogens with one attached hydrogen (secondary N) is 1. The van der Waals surface area contributed by atoms with Gasteiger partial charge >= 0.3 is 0 Å². The molecule has 0 radical (unpaired) electrons. The summed E-state index contributed by atoms with van der Waals surface area (Å²) in [7, 11) is 0. The summed E-state index contributed by atoms with van der Waals surface area (Å²) < 4.78 is 5.44. The molecule has 6 nitrogen and oxygen atoms in total. The van der Waals surface area contributed by atoms with Gasteiger partial charge in [-0.3, -0.25) is 9.78 Å². The van der Waals surface area contributed by atoms with Crippen molar-refractivity contribution in [3.63, 3.8) is 0 Å². The Bertz CT molecular complexity index is 844. The monoisotopic (exact) mass is 382 g/mol. The van der Waals surface area contributed by atoms with Gasteiger partial charge in [0.15, 0.2) is 0 Å². The van der Waals surface area contributed by atoms with Crippen LogP contribution in [0, 0.1) is 6.92 Å². The number of hydrogen-bond acceptors (Lipinski definition) is 5. The SMILES string of the molecule is Cc1ccccc1C[C@H]1CCCCCN1c1nc(N2CCOCC2)cc(=O)[nH]1. The molecule has 0 saturated carbocycles. The molecule has 0 amide bonds. The highest BCUT2D eigenvalue weighted by Crippen LogP contribution is 2.25. The third-order valence-corrected chi connectivity index (χ3v) is 5.92. The lowest BCUT2D eigenvalue weighted by Gasteiger charge is -2.33. The number of ether oxygens (including phenoxy) is 1. The van der Waals surface area contributed by atoms with E-state index in [-0.39, 0.29) is 5.56 Å². The molecule has 2 aromatic rings. The molecule has 2 saturated heterocycles. The molecule has 2 aliphatic rings. The summed E-state index contributed by atoms with van der Waals surface area (Å²) in [5.41, 5.74) is 2.63. The first-order chi connectivity index (χ1) is 13.7. The maximum atomic E-state index is 12.4. The van der Waals surface area contributed by atoms with Crippen molar-refractivity contribution in [1.82, 2.24) is 9.97 Å². The maximum absolute atomic E-state index is 12.4. The average molecular weight is 383 g/mol. The van der Waals surface area contributed by atoms with Crippen LogP contribution in [0.3, 0.4) is 0 Å². The fourth-order valence-corrected chi connectivity index (χ4v) is 4.28. The summed E-state index contributed by atoms with van der Waals surface area (Å²) in [6, 6.07) is 10.6. The van der Waals surface area contributed by atoms with E-state index in [0.717, 1.165) is 50.7 Å². The Balaban J connectivity index is 1.63. The normalized spacial score (nSPS) is 20.8. The van der Waals surface area contributed by atoms with Gasteiger partial charge in [-0.2, -0.15) is 4.98 Å². The van der Waals surface area contributed by atoms with Crippen LogP contribution in [0.25, 0.3) is 0 Å². The molecule has 2 aliphatic heterocycles. The molecule has 2 fully saturated rings. The Morgan fingerprint density at radius 1 is 1.14 bits per heavy atom. The van der Waals surface area contributed by atoms with Gasteiger partial charge in [-0.1, -0.05) is 37.1 Å². The highest BCUT2D eigenvalue weighted by atomic mass is 16.5. The molecule has 1 aromatic heterocycles. The minimum atomic E-state index is -0.0784. The van der Waals surface area contributed by atoms with Crippen molar-refractivity contribution >= 4 is 11.8 Å². The number of morpholine rings is 1. The number of aryl methyl sites for hydroxylation is 1. The van der Waals surface area contributed by atoms with Gasteiger partial charge in [-0.05, 0) is 37.3 Å². The molecule has 3 heterocycles. The van der Waals surface area contributed by atoms with Crippen molar-refractivity contribution in [3.8, 4) is 0 Å². The predicted octanol–water partition coefficient (Wildman–Crippen LogP) is 2.91. The van der Waals surface area contributed by atoms with Crippen LogP contribution < -0.4 is 15.4 Å². The zero-order valence-electron chi connectivity index (χ0n) is 16.7. The Hall–Kier alpha value is -2.34. The summed E-state index contributed by atoms with van der Waals surface area (Å²) in [5, 5.41) is 0. The smallest absolute Gasteiger partial charge is 0.254 e. The van der Waals surface area contributed by atoms with Crippen molar-refractivity contribution in [2.24, 2.45) is 0 Å². The van der Waals surface area contributed by atoms with Gasteiger partial charge in [0.1, 0.15) is 5.82 Å². The van der Waals surface area contributed by atoms with E-state index >= 15 is 0 Å². The molecule has 1 atom stereocenters. The minimum absolute atomic E-state index is 0.0784. The first kappa shape index (κ1) is 19.0. The topological polar surface area (TPSA) is 61.5 Å². The molecule has 6 heteroatoms. The largest absolute Gasteiger partial charge is 0.378 e. The number of H-pyrrole nitrogens is 1. The number of aromatic nitrogens is 2. The first-order valence-electron chi connectivity index (χ1n) is 10.5. The lowest BCUT2D eigenvalue weighted by atomic mass is 9.97. The van der Waals surface area contributed by atoms with E-state index in [1.165, 1.54) is 24.0 Å². The number of benzene rings is 1. The summed E-state index contributed by atoms with van der Waals surface area (Å²) in [4.78, 5) is 24.8. The summed E-state index contributed by atoms with van der Waals surface area (Å²) in [6.07, 6.45) is 5.70. The van der Waals surface area contributed by atoms with Crippen LogP contribution in [0.4, 0.5) is 11.8 Å². The van der Waals surface area contributed by atoms with E-state index in [1.54, 1.807) is 6.07 Å². The van der Waals surface area contributed by atoms with E-state index < -0.39 is 0 Å². The number of anilines is 2. The van der Waals surface area contributed by atoms with Gasteiger partial charge in [0.2, 0.25) is 5.95 Å². The summed E-state index contributed by atoms with van der Waals surface area (Å²) in [5.74, 6) is 1.48. The van der Waals surface area contributed by atoms with Gasteiger partial charge < -0.3 is 14.5 Å². The predicted molar refractivity (Wildman–Crippen MR) is 112 cm³/mol. The lowest BCUT2D eigenvalue weighted by Crippen LogP contribution is -2.41. The molecule has 0 spiro atoms. The van der Waals surface area contributed by atoms with Gasteiger partial charge in [0.25, 0.3) is 5.56 Å². The van der Waals surface area contributed by atoms with E-state index in [1.807, 2.05) is 0 Å². The number of rotatable bonds is 4. The van der Waals surface area contributed by atoms with Crippen molar-refractivity contribution in [1.29, 1.82) is 0 Å². The fraction of sp³-hybridized carbons (Fsp3) is 0.545. The van der Waals surface area contributed by atoms with Crippen LogP contribution in [-0.4, -0.2) is 48.9 Å². The van der Waals surface area contributed by atoms with Crippen molar-refractivity contribution < 1.29 is 4.74 Å². The average Bonchev–Trinajstić information content (AvgIpc) is 2.95. The Labute approximate surface area is 166 Å². The lowest BCUT2D eigenvalue weighted by molar-refractivity contribution is 0.122. The van der Waals surface area contributed by atoms with Crippen LogP contribution in [-0.2, 0) is 11.2 Å². The highest BCUT2D eigenvalue weighted by Gasteiger charge is 2.25. The van der Waals surface area contributed by atoms with E-state index in [4.69, 9.17) is 9.72 Å². The van der Waals surface area contributed by atoms with Crippen LogP contribution in [0.5, 0.6) is 0 Å². The molecular weight excluding hydrogens is 352 g/mol. The molecular formula is C22H30N4O2. The summed E-state index contributed by atoms with van der Waals surface area (Å²) in [6.45, 7) is 6.04. The zero-order valence-corrected chi connectivity index (χ0v) is 16.7. The van der Waals surface area contributed by atoms with Crippen molar-refractivity contribution in [3.05, 3.63) is 51.8 Å². The number of hydrogen-bond donors (Lipinski definition) is 1. The number of nitrogens with zero attached hydrogens (tertiary/aromatic N) is 3. The van der Waals surface area contributed by atoms with Crippen molar-refractivity contribution in [2.45, 2.75) is 45.1 Å². The van der Waals surface area contributed by atoms with Gasteiger partial charge in [0.05, 0.1) is 13.2 Å². The van der Waals surface area contributed by atoms with Crippen LogP contribution in [0.2, 0.25) is 0 Å². The van der Waals surface area contributed by atoms with E-state index in [0.29, 0.717) is 19.3 Å². The molecule has 28 heavy (non-hydrogen) atoms. The van der Waals surface area contributed by atoms with E-state index in [2.05, 4.69) is 46.0 Å². The van der Waals surface area contributed by atoms with Crippen LogP contribution in [0.15, 0.2) is 35.1 Å². The Morgan fingerprint density at radius 3 is 2.79 bits per heavy atom. The molecule has 0 aliphatic carbocycles. The second-order valence-corrected chi connectivity index (χ2v) is 7.85. The minimum Gasteiger partial charge on any atom is -0.378 e. The summed E-state index contributed by atoms with van der Waals surface area (Å²) >= 11 is 0. The molecule has 1 N–H and O–H groups in total. The Morgan fingerprint density at radius 2 is 1.96 bits per heavy atom. The van der Waals surface area contributed by atoms with Gasteiger partial charge in [0, 0.05) is 31.7 Å². The Kier molecular flexibility index (Phi) is 5.95. The molecule has 0 unspecified atom stereocenters. The van der Waals surface area contributed by atoms with Gasteiger partial charge in [-0.25, -0.2) is 0 Å². The maximum Gasteiger partial charge on any atom is 0.254 e. The quantitative estimate of drug-likeness (QED) is 0.881. The standard InChI is InChI=1S/C22H30N4O2/c1-17-7-4-5-8-18(17)15-19-9-3-2-6-10-26(19)22-23-20(16-21(27)24-22)25-11-13-28-14-12-25/h4-5,7-8,16,19H,2-3,6,9-15H2,1H3,(H,23,24,27)/t19-/m1/s1. The number of aromatic amines is 1. The second-order valence-electron chi connectivity index (χ2n) is 7.85. The second kappa shape index (κ2) is 8.78.